The molecular weight excluding hydrogens is 175 g/mol. The lowest BCUT2D eigenvalue weighted by Gasteiger charge is -2.07. The topological polar surface area (TPSA) is 0 Å². The van der Waals surface area contributed by atoms with Gasteiger partial charge in [-0.15, -0.1) is 6.58 Å². The molecule has 0 spiro atoms. The van der Waals surface area contributed by atoms with E-state index in [1.54, 1.807) is 12.1 Å². The third kappa shape index (κ3) is 1.86. The lowest BCUT2D eigenvalue weighted by atomic mass is 10.0. The molecule has 1 aromatic carbocycles. The summed E-state index contributed by atoms with van der Waals surface area (Å²) in [6, 6.07) is 4.35. The highest BCUT2D eigenvalue weighted by Crippen LogP contribution is 2.25. The second-order valence-corrected chi connectivity index (χ2v) is 3.10. The largest absolute Gasteiger partial charge is 0.207 e. The van der Waals surface area contributed by atoms with Crippen LogP contribution in [0.2, 0.25) is 5.02 Å². The summed E-state index contributed by atoms with van der Waals surface area (Å²) in [5, 5.41) is 0.587. The van der Waals surface area contributed by atoms with Crippen LogP contribution in [0.25, 0.3) is 0 Å². The van der Waals surface area contributed by atoms with E-state index in [-0.39, 0.29) is 11.7 Å². The number of hydrogen-bond donors (Lipinski definition) is 0. The highest BCUT2D eigenvalue weighted by Gasteiger charge is 2.06. The standard InChI is InChI=1S/C10H10ClF/c1-3-7(2)9-6-8(12)4-5-10(9)11/h3-7H,1H2,2H3. The van der Waals surface area contributed by atoms with E-state index in [1.165, 1.54) is 12.1 Å². The van der Waals surface area contributed by atoms with Crippen LogP contribution < -0.4 is 0 Å². The lowest BCUT2D eigenvalue weighted by molar-refractivity contribution is 0.624. The summed E-state index contributed by atoms with van der Waals surface area (Å²) in [5.74, 6) is -0.170. The van der Waals surface area contributed by atoms with Gasteiger partial charge < -0.3 is 0 Å². The van der Waals surface area contributed by atoms with Gasteiger partial charge in [-0.3, -0.25) is 0 Å². The van der Waals surface area contributed by atoms with Gasteiger partial charge in [-0.05, 0) is 23.8 Å². The SMILES string of the molecule is C=CC(C)c1cc(F)ccc1Cl. The Morgan fingerprint density at radius 3 is 2.83 bits per heavy atom. The van der Waals surface area contributed by atoms with Gasteiger partial charge in [0.05, 0.1) is 0 Å². The van der Waals surface area contributed by atoms with E-state index in [9.17, 15) is 4.39 Å². The summed E-state index contributed by atoms with van der Waals surface area (Å²) in [7, 11) is 0. The van der Waals surface area contributed by atoms with Crippen molar-refractivity contribution >= 4 is 11.6 Å². The zero-order valence-electron chi connectivity index (χ0n) is 6.85. The van der Waals surface area contributed by atoms with Crippen LogP contribution in [0.1, 0.15) is 18.4 Å². The van der Waals surface area contributed by atoms with Crippen LogP contribution in [0.15, 0.2) is 30.9 Å². The van der Waals surface area contributed by atoms with Crippen LogP contribution in [0.5, 0.6) is 0 Å². The van der Waals surface area contributed by atoms with Gasteiger partial charge >= 0.3 is 0 Å². The third-order valence-corrected chi connectivity index (χ3v) is 2.15. The Balaban J connectivity index is 3.12. The van der Waals surface area contributed by atoms with E-state index in [4.69, 9.17) is 11.6 Å². The number of allylic oxidation sites excluding steroid dienone is 1. The average Bonchev–Trinajstić information content (AvgIpc) is 2.08. The van der Waals surface area contributed by atoms with Crippen molar-refractivity contribution in [1.82, 2.24) is 0 Å². The van der Waals surface area contributed by atoms with Crippen molar-refractivity contribution in [3.05, 3.63) is 47.3 Å². The monoisotopic (exact) mass is 184 g/mol. The fraction of sp³-hybridized carbons (Fsp3) is 0.200. The molecule has 0 saturated carbocycles. The van der Waals surface area contributed by atoms with Crippen molar-refractivity contribution in [2.45, 2.75) is 12.8 Å². The molecule has 0 saturated heterocycles. The molecule has 12 heavy (non-hydrogen) atoms. The van der Waals surface area contributed by atoms with Crippen molar-refractivity contribution < 1.29 is 4.39 Å². The Morgan fingerprint density at radius 1 is 1.58 bits per heavy atom. The van der Waals surface area contributed by atoms with Crippen LogP contribution in [0.3, 0.4) is 0 Å². The van der Waals surface area contributed by atoms with Gasteiger partial charge in [0.1, 0.15) is 5.82 Å². The molecule has 64 valence electrons. The zero-order chi connectivity index (χ0) is 9.14. The van der Waals surface area contributed by atoms with Crippen molar-refractivity contribution in [3.8, 4) is 0 Å². The molecule has 0 aliphatic carbocycles. The molecule has 2 heteroatoms. The summed E-state index contributed by atoms with van der Waals surface area (Å²) in [5.41, 5.74) is 0.784. The van der Waals surface area contributed by atoms with Gasteiger partial charge in [0.2, 0.25) is 0 Å². The Bertz CT molecular complexity index is 294. The van der Waals surface area contributed by atoms with E-state index in [0.29, 0.717) is 5.02 Å². The van der Waals surface area contributed by atoms with E-state index in [0.717, 1.165) is 5.56 Å². The Kier molecular flexibility index (Phi) is 2.88. The number of benzene rings is 1. The number of hydrogen-bond acceptors (Lipinski definition) is 0. The minimum Gasteiger partial charge on any atom is -0.207 e. The van der Waals surface area contributed by atoms with Gasteiger partial charge in [-0.25, -0.2) is 4.39 Å². The van der Waals surface area contributed by atoms with Crippen molar-refractivity contribution in [2.75, 3.05) is 0 Å². The highest BCUT2D eigenvalue weighted by molar-refractivity contribution is 6.31. The molecule has 1 aromatic rings. The first-order valence-corrected chi connectivity index (χ1v) is 4.10. The molecule has 0 amide bonds. The van der Waals surface area contributed by atoms with Crippen LogP contribution in [-0.2, 0) is 0 Å². The molecule has 0 bridgehead atoms. The van der Waals surface area contributed by atoms with E-state index >= 15 is 0 Å². The quantitative estimate of drug-likeness (QED) is 0.614. The summed E-state index contributed by atoms with van der Waals surface area (Å²) in [6.45, 7) is 5.55. The van der Waals surface area contributed by atoms with Gasteiger partial charge in [-0.1, -0.05) is 24.6 Å². The maximum absolute atomic E-state index is 12.8. The summed E-state index contributed by atoms with van der Waals surface area (Å²) < 4.78 is 12.8. The Morgan fingerprint density at radius 2 is 2.25 bits per heavy atom. The Hall–Kier alpha value is -0.820. The second kappa shape index (κ2) is 3.72. The van der Waals surface area contributed by atoms with Crippen molar-refractivity contribution in [2.24, 2.45) is 0 Å². The minimum absolute atomic E-state index is 0.0909. The number of rotatable bonds is 2. The van der Waals surface area contributed by atoms with Gasteiger partial charge in [-0.2, -0.15) is 0 Å². The lowest BCUT2D eigenvalue weighted by Crippen LogP contribution is -1.91. The second-order valence-electron chi connectivity index (χ2n) is 2.69. The fourth-order valence-corrected chi connectivity index (χ4v) is 1.28. The third-order valence-electron chi connectivity index (χ3n) is 1.80. The first kappa shape index (κ1) is 9.27. The molecule has 0 N–H and O–H groups in total. The minimum atomic E-state index is -0.261. The van der Waals surface area contributed by atoms with Gasteiger partial charge in [0.15, 0.2) is 0 Å². The van der Waals surface area contributed by atoms with E-state index < -0.39 is 0 Å². The summed E-state index contributed by atoms with van der Waals surface area (Å²) in [4.78, 5) is 0. The molecule has 0 aliphatic rings. The average molecular weight is 185 g/mol. The molecule has 0 aliphatic heterocycles. The van der Waals surface area contributed by atoms with Crippen LogP contribution in [-0.4, -0.2) is 0 Å². The van der Waals surface area contributed by atoms with Crippen LogP contribution in [0.4, 0.5) is 4.39 Å². The van der Waals surface area contributed by atoms with E-state index in [1.807, 2.05) is 6.92 Å². The molecule has 0 aromatic heterocycles. The van der Waals surface area contributed by atoms with Gasteiger partial charge in [0.25, 0.3) is 0 Å². The molecule has 1 unspecified atom stereocenters. The molecule has 1 atom stereocenters. The van der Waals surface area contributed by atoms with Crippen molar-refractivity contribution in [3.63, 3.8) is 0 Å². The zero-order valence-corrected chi connectivity index (χ0v) is 7.61. The molecule has 0 nitrogen and oxygen atoms in total. The summed E-state index contributed by atoms with van der Waals surface area (Å²) in [6.07, 6.45) is 1.74. The molecular formula is C10H10ClF. The Labute approximate surface area is 76.7 Å². The van der Waals surface area contributed by atoms with Crippen LogP contribution >= 0.6 is 11.6 Å². The fourth-order valence-electron chi connectivity index (χ4n) is 0.991. The maximum Gasteiger partial charge on any atom is 0.123 e. The first-order valence-electron chi connectivity index (χ1n) is 3.72. The molecule has 1 rings (SSSR count). The molecule has 0 fully saturated rings. The van der Waals surface area contributed by atoms with E-state index in [2.05, 4.69) is 6.58 Å². The smallest absolute Gasteiger partial charge is 0.123 e. The predicted octanol–water partition coefficient (Wildman–Crippen LogP) is 3.77. The summed E-state index contributed by atoms with van der Waals surface area (Å²) >= 11 is 5.86. The van der Waals surface area contributed by atoms with Crippen LogP contribution in [0, 0.1) is 5.82 Å². The van der Waals surface area contributed by atoms with Crippen molar-refractivity contribution in [1.29, 1.82) is 0 Å². The maximum atomic E-state index is 12.8. The highest BCUT2D eigenvalue weighted by atomic mass is 35.5. The first-order chi connectivity index (χ1) is 5.65. The molecule has 0 radical (unpaired) electrons. The molecule has 0 heterocycles. The van der Waals surface area contributed by atoms with Gasteiger partial charge in [0, 0.05) is 10.9 Å². The normalized spacial score (nSPS) is 12.6. The number of halogens is 2. The predicted molar refractivity (Wildman–Crippen MR) is 50.0 cm³/mol.